The molecule has 2 rings (SSSR count). The van der Waals surface area contributed by atoms with Crippen molar-refractivity contribution in [1.29, 1.82) is 0 Å². The maximum Gasteiger partial charge on any atom is 0.252 e. The first kappa shape index (κ1) is 10.9. The molecule has 0 radical (unpaired) electrons. The highest BCUT2D eigenvalue weighted by Gasteiger charge is 2.19. The Morgan fingerprint density at radius 1 is 1.50 bits per heavy atom. The fourth-order valence-electron chi connectivity index (χ4n) is 1.74. The molecule has 1 aromatic heterocycles. The maximum absolute atomic E-state index is 12.0. The van der Waals surface area contributed by atoms with Crippen LogP contribution in [0.2, 0.25) is 0 Å². The summed E-state index contributed by atoms with van der Waals surface area (Å²) in [5.74, 6) is -0.152. The minimum Gasteiger partial charge on any atom is -0.397 e. The van der Waals surface area contributed by atoms with Crippen molar-refractivity contribution in [1.82, 2.24) is 5.32 Å². The number of allylic oxidation sites excluding steroid dienone is 2. The standard InChI is InChI=1S/C12H12N2OS/c1-13-11(10-4-2-3-6-14-10)12(15)9-5-7-16-8-9/h5,7-8,14H,2-4,6H2/b11-10+. The van der Waals surface area contributed by atoms with Gasteiger partial charge in [0.2, 0.25) is 0 Å². The van der Waals surface area contributed by atoms with Crippen LogP contribution in [0.1, 0.15) is 29.6 Å². The molecule has 82 valence electrons. The number of hydrogen-bond donors (Lipinski definition) is 1. The second-order valence-corrected chi connectivity index (χ2v) is 4.44. The first-order valence-corrected chi connectivity index (χ1v) is 6.18. The third kappa shape index (κ3) is 2.15. The lowest BCUT2D eigenvalue weighted by Crippen LogP contribution is -2.23. The van der Waals surface area contributed by atoms with E-state index in [0.29, 0.717) is 5.56 Å². The monoisotopic (exact) mass is 232 g/mol. The second-order valence-electron chi connectivity index (χ2n) is 3.66. The van der Waals surface area contributed by atoms with Crippen LogP contribution in [0.15, 0.2) is 28.2 Å². The number of rotatable bonds is 2. The van der Waals surface area contributed by atoms with Crippen molar-refractivity contribution in [3.63, 3.8) is 0 Å². The van der Waals surface area contributed by atoms with E-state index in [-0.39, 0.29) is 11.5 Å². The van der Waals surface area contributed by atoms with Crippen molar-refractivity contribution in [3.05, 3.63) is 45.2 Å². The zero-order valence-electron chi connectivity index (χ0n) is 8.82. The predicted molar refractivity (Wildman–Crippen MR) is 64.1 cm³/mol. The largest absolute Gasteiger partial charge is 0.397 e. The summed E-state index contributed by atoms with van der Waals surface area (Å²) in [4.78, 5) is 15.4. The molecule has 16 heavy (non-hydrogen) atoms. The third-order valence-corrected chi connectivity index (χ3v) is 3.27. The van der Waals surface area contributed by atoms with E-state index >= 15 is 0 Å². The van der Waals surface area contributed by atoms with E-state index in [4.69, 9.17) is 6.57 Å². The summed E-state index contributed by atoms with van der Waals surface area (Å²) >= 11 is 1.48. The Morgan fingerprint density at radius 2 is 2.38 bits per heavy atom. The van der Waals surface area contributed by atoms with Crippen LogP contribution in [0.4, 0.5) is 0 Å². The van der Waals surface area contributed by atoms with Crippen molar-refractivity contribution in [2.24, 2.45) is 0 Å². The lowest BCUT2D eigenvalue weighted by atomic mass is 10.0. The Bertz CT molecular complexity index is 446. The minimum atomic E-state index is -0.152. The van der Waals surface area contributed by atoms with Crippen molar-refractivity contribution < 1.29 is 4.79 Å². The summed E-state index contributed by atoms with van der Waals surface area (Å²) in [5, 5.41) is 6.80. The average molecular weight is 232 g/mol. The zero-order valence-corrected chi connectivity index (χ0v) is 9.64. The van der Waals surface area contributed by atoms with Gasteiger partial charge >= 0.3 is 0 Å². The molecule has 1 aliphatic rings. The molecular formula is C12H12N2OS. The van der Waals surface area contributed by atoms with Gasteiger partial charge in [-0.25, -0.2) is 4.85 Å². The van der Waals surface area contributed by atoms with Gasteiger partial charge < -0.3 is 10.1 Å². The second kappa shape index (κ2) is 4.95. The lowest BCUT2D eigenvalue weighted by Gasteiger charge is -2.17. The van der Waals surface area contributed by atoms with Crippen LogP contribution in [-0.2, 0) is 0 Å². The molecule has 3 nitrogen and oxygen atoms in total. The smallest absolute Gasteiger partial charge is 0.252 e. The van der Waals surface area contributed by atoms with Gasteiger partial charge in [0.1, 0.15) is 0 Å². The maximum atomic E-state index is 12.0. The Morgan fingerprint density at radius 3 is 2.94 bits per heavy atom. The molecular weight excluding hydrogens is 220 g/mol. The fraction of sp³-hybridized carbons (Fsp3) is 0.333. The highest BCUT2D eigenvalue weighted by molar-refractivity contribution is 7.08. The van der Waals surface area contributed by atoms with E-state index in [0.717, 1.165) is 31.5 Å². The number of hydrogen-bond acceptors (Lipinski definition) is 3. The Balaban J connectivity index is 2.29. The molecule has 0 bridgehead atoms. The Labute approximate surface area is 98.6 Å². The minimum absolute atomic E-state index is 0.152. The molecule has 0 spiro atoms. The van der Waals surface area contributed by atoms with Gasteiger partial charge in [-0.2, -0.15) is 11.3 Å². The van der Waals surface area contributed by atoms with Crippen LogP contribution in [0.5, 0.6) is 0 Å². The Hall–Kier alpha value is -1.60. The number of ketones is 1. The van der Waals surface area contributed by atoms with Crippen LogP contribution in [-0.4, -0.2) is 12.3 Å². The molecule has 0 aliphatic carbocycles. The topological polar surface area (TPSA) is 33.5 Å². The Kier molecular flexibility index (Phi) is 3.37. The van der Waals surface area contributed by atoms with Crippen LogP contribution in [0, 0.1) is 6.57 Å². The zero-order chi connectivity index (χ0) is 11.4. The quantitative estimate of drug-likeness (QED) is 0.483. The van der Waals surface area contributed by atoms with Crippen LogP contribution in [0.3, 0.4) is 0 Å². The normalized spacial score (nSPS) is 18.4. The summed E-state index contributed by atoms with van der Waals surface area (Å²) in [7, 11) is 0. The van der Waals surface area contributed by atoms with E-state index < -0.39 is 0 Å². The molecule has 1 aromatic rings. The highest BCUT2D eigenvalue weighted by atomic mass is 32.1. The molecule has 1 saturated heterocycles. The molecule has 1 aliphatic heterocycles. The van der Waals surface area contributed by atoms with Crippen molar-refractivity contribution in [3.8, 4) is 0 Å². The van der Waals surface area contributed by atoms with Crippen LogP contribution >= 0.6 is 11.3 Å². The van der Waals surface area contributed by atoms with Crippen LogP contribution in [0.25, 0.3) is 4.85 Å². The van der Waals surface area contributed by atoms with Crippen molar-refractivity contribution >= 4 is 17.1 Å². The lowest BCUT2D eigenvalue weighted by molar-refractivity contribution is 0.103. The highest BCUT2D eigenvalue weighted by Crippen LogP contribution is 2.20. The first-order valence-electron chi connectivity index (χ1n) is 5.24. The first-order chi connectivity index (χ1) is 7.83. The summed E-state index contributed by atoms with van der Waals surface area (Å²) in [5.41, 5.74) is 1.70. The van der Waals surface area contributed by atoms with E-state index in [9.17, 15) is 4.79 Å². The molecule has 0 atom stereocenters. The van der Waals surface area contributed by atoms with E-state index in [1.54, 1.807) is 11.4 Å². The summed E-state index contributed by atoms with van der Waals surface area (Å²) in [6.45, 7) is 8.01. The van der Waals surface area contributed by atoms with Crippen molar-refractivity contribution in [2.45, 2.75) is 19.3 Å². The van der Waals surface area contributed by atoms with Gasteiger partial charge in [-0.3, -0.25) is 0 Å². The molecule has 0 amide bonds. The number of carbonyl (C=O) groups is 1. The number of Topliss-reactive ketones (excluding diaryl/α,β-unsaturated/α-hetero) is 1. The van der Waals surface area contributed by atoms with Gasteiger partial charge in [0.15, 0.2) is 5.78 Å². The van der Waals surface area contributed by atoms with Crippen LogP contribution < -0.4 is 5.32 Å². The molecule has 4 heteroatoms. The molecule has 0 unspecified atom stereocenters. The predicted octanol–water partition coefficient (Wildman–Crippen LogP) is 2.84. The molecule has 2 heterocycles. The third-order valence-electron chi connectivity index (χ3n) is 2.59. The van der Waals surface area contributed by atoms with Gasteiger partial charge in [0.25, 0.3) is 5.70 Å². The van der Waals surface area contributed by atoms with Gasteiger partial charge in [-0.05, 0) is 30.7 Å². The van der Waals surface area contributed by atoms with Gasteiger partial charge in [-0.1, -0.05) is 0 Å². The molecule has 0 saturated carbocycles. The average Bonchev–Trinajstić information content (AvgIpc) is 2.85. The van der Waals surface area contributed by atoms with E-state index in [2.05, 4.69) is 10.2 Å². The summed E-state index contributed by atoms with van der Waals surface area (Å²) < 4.78 is 0. The molecule has 0 aromatic carbocycles. The summed E-state index contributed by atoms with van der Waals surface area (Å²) in [6.07, 6.45) is 2.98. The number of nitrogens with one attached hydrogen (secondary N) is 1. The van der Waals surface area contributed by atoms with Crippen molar-refractivity contribution in [2.75, 3.05) is 6.54 Å². The molecule has 1 fully saturated rings. The SMILES string of the molecule is [C-]#[N+]/C(C(=O)c1ccsc1)=C1\CCCCN1. The number of nitrogens with zero attached hydrogens (tertiary/aromatic N) is 1. The van der Waals surface area contributed by atoms with Gasteiger partial charge in [0.05, 0.1) is 6.57 Å². The number of carbonyl (C=O) groups excluding carboxylic acids is 1. The summed E-state index contributed by atoms with van der Waals surface area (Å²) in [6, 6.07) is 1.77. The van der Waals surface area contributed by atoms with Gasteiger partial charge in [-0.15, -0.1) is 0 Å². The van der Waals surface area contributed by atoms with Gasteiger partial charge in [0, 0.05) is 23.2 Å². The van der Waals surface area contributed by atoms with E-state index in [1.807, 2.05) is 5.38 Å². The number of thiophene rings is 1. The van der Waals surface area contributed by atoms with E-state index in [1.165, 1.54) is 11.3 Å². The number of piperidine rings is 1. The fourth-order valence-corrected chi connectivity index (χ4v) is 2.38. The molecule has 1 N–H and O–H groups in total.